The van der Waals surface area contributed by atoms with Gasteiger partial charge in [0.1, 0.15) is 4.83 Å². The molecule has 0 saturated heterocycles. The third-order valence-corrected chi connectivity index (χ3v) is 5.00. The van der Waals surface area contributed by atoms with Gasteiger partial charge in [-0.25, -0.2) is 4.79 Å². The van der Waals surface area contributed by atoms with Crippen LogP contribution in [0.3, 0.4) is 0 Å². The van der Waals surface area contributed by atoms with E-state index in [9.17, 15) is 19.2 Å². The van der Waals surface area contributed by atoms with Gasteiger partial charge >= 0.3 is 5.69 Å². The normalized spacial score (nSPS) is 10.7. The molecule has 134 valence electrons. The highest BCUT2D eigenvalue weighted by atomic mass is 32.1. The first-order chi connectivity index (χ1) is 12.3. The lowest BCUT2D eigenvalue weighted by molar-refractivity contribution is -0.114. The maximum atomic E-state index is 12.5. The summed E-state index contributed by atoms with van der Waals surface area (Å²) in [7, 11) is 2.95. The van der Waals surface area contributed by atoms with Gasteiger partial charge in [-0.15, -0.1) is 11.3 Å². The number of thiophene rings is 1. The lowest BCUT2D eigenvalue weighted by Crippen LogP contribution is -2.36. The Balaban J connectivity index is 1.95. The van der Waals surface area contributed by atoms with E-state index in [4.69, 9.17) is 0 Å². The Morgan fingerprint density at radius 1 is 1.00 bits per heavy atom. The van der Waals surface area contributed by atoms with Crippen LogP contribution in [0.2, 0.25) is 0 Å². The van der Waals surface area contributed by atoms with Crippen LogP contribution in [-0.4, -0.2) is 20.9 Å². The summed E-state index contributed by atoms with van der Waals surface area (Å²) in [5, 5.41) is 5.68. The van der Waals surface area contributed by atoms with Crippen molar-refractivity contribution in [1.82, 2.24) is 9.13 Å². The van der Waals surface area contributed by atoms with Crippen LogP contribution in [0, 0.1) is 0 Å². The van der Waals surface area contributed by atoms with Gasteiger partial charge in [-0.1, -0.05) is 6.07 Å². The van der Waals surface area contributed by atoms with E-state index >= 15 is 0 Å². The van der Waals surface area contributed by atoms with Gasteiger partial charge in [0.2, 0.25) is 5.91 Å². The van der Waals surface area contributed by atoms with Gasteiger partial charge in [0.25, 0.3) is 11.5 Å². The summed E-state index contributed by atoms with van der Waals surface area (Å²) in [6.07, 6.45) is 0. The molecular formula is C17H16N4O4S. The number of nitrogens with zero attached hydrogens (tertiary/aromatic N) is 2. The van der Waals surface area contributed by atoms with Crippen molar-refractivity contribution in [3.63, 3.8) is 0 Å². The fourth-order valence-electron chi connectivity index (χ4n) is 2.55. The number of aryl methyl sites for hydroxylation is 1. The summed E-state index contributed by atoms with van der Waals surface area (Å²) in [5.41, 5.74) is 0.175. The fourth-order valence-corrected chi connectivity index (χ4v) is 3.55. The van der Waals surface area contributed by atoms with Gasteiger partial charge in [-0.05, 0) is 24.3 Å². The summed E-state index contributed by atoms with van der Waals surface area (Å²) >= 11 is 1.07. The fraction of sp³-hybridized carbons (Fsp3) is 0.176. The van der Waals surface area contributed by atoms with Gasteiger partial charge in [0, 0.05) is 32.4 Å². The lowest BCUT2D eigenvalue weighted by atomic mass is 10.2. The van der Waals surface area contributed by atoms with E-state index in [2.05, 4.69) is 10.6 Å². The van der Waals surface area contributed by atoms with Crippen molar-refractivity contribution < 1.29 is 9.59 Å². The quantitative estimate of drug-likeness (QED) is 0.727. The number of benzene rings is 1. The molecule has 3 aromatic rings. The molecule has 0 fully saturated rings. The van der Waals surface area contributed by atoms with Crippen molar-refractivity contribution in [2.75, 3.05) is 10.6 Å². The molecule has 2 aromatic heterocycles. The number of carbonyl (C=O) groups is 2. The summed E-state index contributed by atoms with van der Waals surface area (Å²) in [6.45, 7) is 1.40. The molecule has 3 rings (SSSR count). The molecule has 0 aliphatic rings. The minimum Gasteiger partial charge on any atom is -0.326 e. The molecule has 0 atom stereocenters. The third kappa shape index (κ3) is 3.16. The van der Waals surface area contributed by atoms with E-state index in [1.165, 1.54) is 24.6 Å². The Bertz CT molecular complexity index is 1160. The number of carbonyl (C=O) groups excluding carboxylic acids is 2. The highest BCUT2D eigenvalue weighted by molar-refractivity contribution is 7.20. The number of hydrogen-bond acceptors (Lipinski definition) is 5. The smallest absolute Gasteiger partial charge is 0.326 e. The van der Waals surface area contributed by atoms with Crippen molar-refractivity contribution in [1.29, 1.82) is 0 Å². The number of nitrogens with one attached hydrogen (secondary N) is 2. The van der Waals surface area contributed by atoms with Crippen molar-refractivity contribution in [3.8, 4) is 0 Å². The van der Waals surface area contributed by atoms with E-state index in [0.717, 1.165) is 15.9 Å². The largest absolute Gasteiger partial charge is 0.331 e. The second-order valence-electron chi connectivity index (χ2n) is 5.75. The molecule has 9 heteroatoms. The molecule has 0 unspecified atom stereocenters. The standard InChI is InChI=1S/C17H16N4O4S/c1-9(22)18-10-5-4-6-11(7-10)19-14(23)13-8-12-15(24)20(2)17(25)21(3)16(12)26-13/h4-8H,1-3H3,(H,18,22)(H,19,23). The summed E-state index contributed by atoms with van der Waals surface area (Å²) < 4.78 is 2.35. The second kappa shape index (κ2) is 6.60. The molecule has 1 aromatic carbocycles. The second-order valence-corrected chi connectivity index (χ2v) is 6.78. The van der Waals surface area contributed by atoms with E-state index in [0.29, 0.717) is 26.5 Å². The molecule has 0 saturated carbocycles. The topological polar surface area (TPSA) is 102 Å². The summed E-state index contributed by atoms with van der Waals surface area (Å²) in [4.78, 5) is 48.6. The average Bonchev–Trinajstić information content (AvgIpc) is 3.03. The minimum atomic E-state index is -0.445. The number of fused-ring (bicyclic) bond motifs is 1. The number of aromatic nitrogens is 2. The molecular weight excluding hydrogens is 356 g/mol. The molecule has 26 heavy (non-hydrogen) atoms. The zero-order valence-electron chi connectivity index (χ0n) is 14.3. The Morgan fingerprint density at radius 3 is 2.31 bits per heavy atom. The first-order valence-corrected chi connectivity index (χ1v) is 8.48. The highest BCUT2D eigenvalue weighted by Gasteiger charge is 2.16. The molecule has 0 spiro atoms. The first kappa shape index (κ1) is 17.6. The van der Waals surface area contributed by atoms with E-state index in [1.807, 2.05) is 0 Å². The van der Waals surface area contributed by atoms with Crippen molar-refractivity contribution in [2.45, 2.75) is 6.92 Å². The number of rotatable bonds is 3. The number of anilines is 2. The third-order valence-electron chi connectivity index (χ3n) is 3.79. The molecule has 8 nitrogen and oxygen atoms in total. The van der Waals surface area contributed by atoms with Crippen molar-refractivity contribution >= 4 is 44.7 Å². The predicted octanol–water partition coefficient (Wildman–Crippen LogP) is 1.51. The van der Waals surface area contributed by atoms with Crippen LogP contribution < -0.4 is 21.9 Å². The Kier molecular flexibility index (Phi) is 4.47. The van der Waals surface area contributed by atoms with Crippen LogP contribution in [0.4, 0.5) is 11.4 Å². The first-order valence-electron chi connectivity index (χ1n) is 7.66. The molecule has 2 N–H and O–H groups in total. The van der Waals surface area contributed by atoms with Crippen LogP contribution in [0.1, 0.15) is 16.6 Å². The SMILES string of the molecule is CC(=O)Nc1cccc(NC(=O)c2cc3c(=O)n(C)c(=O)n(C)c3s2)c1. The molecule has 0 aliphatic heterocycles. The number of hydrogen-bond donors (Lipinski definition) is 2. The van der Waals surface area contributed by atoms with Crippen LogP contribution in [-0.2, 0) is 18.9 Å². The molecule has 2 heterocycles. The van der Waals surface area contributed by atoms with Crippen molar-refractivity contribution in [2.24, 2.45) is 14.1 Å². The Labute approximate surface area is 151 Å². The highest BCUT2D eigenvalue weighted by Crippen LogP contribution is 2.23. The maximum Gasteiger partial charge on any atom is 0.331 e. The minimum absolute atomic E-state index is 0.213. The van der Waals surface area contributed by atoms with Crippen LogP contribution in [0.25, 0.3) is 10.2 Å². The molecule has 0 radical (unpaired) electrons. The predicted molar refractivity (Wildman–Crippen MR) is 101 cm³/mol. The maximum absolute atomic E-state index is 12.5. The van der Waals surface area contributed by atoms with Crippen LogP contribution in [0.5, 0.6) is 0 Å². The van der Waals surface area contributed by atoms with Gasteiger partial charge in [0.05, 0.1) is 10.3 Å². The Hall–Kier alpha value is -3.20. The zero-order chi connectivity index (χ0) is 19.0. The van der Waals surface area contributed by atoms with Gasteiger partial charge < -0.3 is 10.6 Å². The Morgan fingerprint density at radius 2 is 1.65 bits per heavy atom. The van der Waals surface area contributed by atoms with Crippen LogP contribution >= 0.6 is 11.3 Å². The molecule has 0 bridgehead atoms. The number of amides is 2. The molecule has 0 aliphatic carbocycles. The van der Waals surface area contributed by atoms with Gasteiger partial charge in [0.15, 0.2) is 0 Å². The average molecular weight is 372 g/mol. The van der Waals surface area contributed by atoms with Gasteiger partial charge in [-0.3, -0.25) is 23.5 Å². The van der Waals surface area contributed by atoms with E-state index < -0.39 is 17.2 Å². The van der Waals surface area contributed by atoms with Crippen LogP contribution in [0.15, 0.2) is 39.9 Å². The summed E-state index contributed by atoms with van der Waals surface area (Å²) in [6, 6.07) is 8.20. The monoisotopic (exact) mass is 372 g/mol. The zero-order valence-corrected chi connectivity index (χ0v) is 15.1. The lowest BCUT2D eigenvalue weighted by Gasteiger charge is -2.06. The molecule has 2 amide bonds. The van der Waals surface area contributed by atoms with E-state index in [-0.39, 0.29) is 5.91 Å². The van der Waals surface area contributed by atoms with Gasteiger partial charge in [-0.2, -0.15) is 0 Å². The summed E-state index contributed by atoms with van der Waals surface area (Å²) in [5.74, 6) is -0.615. The van der Waals surface area contributed by atoms with E-state index in [1.54, 1.807) is 31.3 Å². The van der Waals surface area contributed by atoms with Crippen molar-refractivity contribution in [3.05, 3.63) is 56.0 Å².